The van der Waals surface area contributed by atoms with Crippen molar-refractivity contribution in [2.45, 2.75) is 32.8 Å². The van der Waals surface area contributed by atoms with Crippen LogP contribution in [0, 0.1) is 0 Å². The Labute approximate surface area is 125 Å². The average Bonchev–Trinajstić information content (AvgIpc) is 2.87. The summed E-state index contributed by atoms with van der Waals surface area (Å²) < 4.78 is 5.80. The third-order valence-electron chi connectivity index (χ3n) is 3.53. The van der Waals surface area contributed by atoms with E-state index in [2.05, 4.69) is 42.9 Å². The Kier molecular flexibility index (Phi) is 3.42. The highest BCUT2D eigenvalue weighted by atomic mass is 16.5. The molecule has 0 bridgehead atoms. The van der Waals surface area contributed by atoms with Crippen LogP contribution in [0.2, 0.25) is 0 Å². The molecule has 1 N–H and O–H groups in total. The van der Waals surface area contributed by atoms with Crippen molar-refractivity contribution in [1.29, 1.82) is 0 Å². The highest BCUT2D eigenvalue weighted by molar-refractivity contribution is 5.74. The molecule has 0 spiro atoms. The van der Waals surface area contributed by atoms with Gasteiger partial charge in [0.2, 0.25) is 0 Å². The normalized spacial score (nSPS) is 11.8. The minimum Gasteiger partial charge on any atom is -0.486 e. The zero-order chi connectivity index (χ0) is 14.9. The summed E-state index contributed by atoms with van der Waals surface area (Å²) in [6.07, 6.45) is 0. The molecule has 1 aromatic heterocycles. The lowest BCUT2D eigenvalue weighted by Gasteiger charge is -2.19. The first-order valence-corrected chi connectivity index (χ1v) is 7.19. The molecule has 1 heterocycles. The largest absolute Gasteiger partial charge is 0.486 e. The fraction of sp³-hybridized carbons (Fsp3) is 0.278. The summed E-state index contributed by atoms with van der Waals surface area (Å²) in [7, 11) is 0. The molecule has 0 aliphatic heterocycles. The van der Waals surface area contributed by atoms with Crippen LogP contribution in [-0.4, -0.2) is 9.97 Å². The van der Waals surface area contributed by atoms with Crippen LogP contribution in [0.25, 0.3) is 11.0 Å². The van der Waals surface area contributed by atoms with Gasteiger partial charge in [0.15, 0.2) is 0 Å². The van der Waals surface area contributed by atoms with Crippen LogP contribution >= 0.6 is 0 Å². The molecule has 0 saturated carbocycles. The SMILES string of the molecule is CC(C)(C)c1ccc(OCc2nc3ccccc3[nH]2)cc1. The molecule has 0 aliphatic carbocycles. The summed E-state index contributed by atoms with van der Waals surface area (Å²) >= 11 is 0. The summed E-state index contributed by atoms with van der Waals surface area (Å²) in [5.74, 6) is 1.71. The highest BCUT2D eigenvalue weighted by Crippen LogP contribution is 2.24. The van der Waals surface area contributed by atoms with Crippen molar-refractivity contribution in [3.63, 3.8) is 0 Å². The van der Waals surface area contributed by atoms with Gasteiger partial charge in [0.05, 0.1) is 11.0 Å². The fourth-order valence-electron chi connectivity index (χ4n) is 2.28. The molecule has 3 aromatic rings. The predicted octanol–water partition coefficient (Wildman–Crippen LogP) is 4.44. The van der Waals surface area contributed by atoms with Crippen molar-refractivity contribution < 1.29 is 4.74 Å². The van der Waals surface area contributed by atoms with E-state index in [-0.39, 0.29) is 5.41 Å². The quantitative estimate of drug-likeness (QED) is 0.770. The van der Waals surface area contributed by atoms with Crippen LogP contribution in [0.3, 0.4) is 0 Å². The minimum atomic E-state index is 0.164. The van der Waals surface area contributed by atoms with Gasteiger partial charge in [-0.15, -0.1) is 0 Å². The van der Waals surface area contributed by atoms with E-state index in [0.717, 1.165) is 22.6 Å². The van der Waals surface area contributed by atoms with E-state index < -0.39 is 0 Å². The number of aromatic amines is 1. The van der Waals surface area contributed by atoms with Crippen LogP contribution < -0.4 is 4.74 Å². The maximum absolute atomic E-state index is 5.80. The molecule has 0 unspecified atom stereocenters. The Morgan fingerprint density at radius 3 is 2.38 bits per heavy atom. The Balaban J connectivity index is 1.69. The van der Waals surface area contributed by atoms with Crippen LogP contribution in [0.1, 0.15) is 32.2 Å². The summed E-state index contributed by atoms with van der Waals surface area (Å²) in [6, 6.07) is 16.3. The molecule has 3 rings (SSSR count). The molecular formula is C18H20N2O. The van der Waals surface area contributed by atoms with Gasteiger partial charge in [-0.3, -0.25) is 0 Å². The number of H-pyrrole nitrogens is 1. The van der Waals surface area contributed by atoms with E-state index in [1.54, 1.807) is 0 Å². The second-order valence-electron chi connectivity index (χ2n) is 6.26. The Morgan fingerprint density at radius 1 is 1.00 bits per heavy atom. The summed E-state index contributed by atoms with van der Waals surface area (Å²) in [5.41, 5.74) is 3.48. The molecule has 2 aromatic carbocycles. The lowest BCUT2D eigenvalue weighted by Crippen LogP contribution is -2.10. The van der Waals surface area contributed by atoms with Crippen LogP contribution in [0.4, 0.5) is 0 Å². The fourth-order valence-corrected chi connectivity index (χ4v) is 2.28. The van der Waals surface area contributed by atoms with Crippen molar-refractivity contribution >= 4 is 11.0 Å². The number of nitrogens with one attached hydrogen (secondary N) is 1. The lowest BCUT2D eigenvalue weighted by atomic mass is 9.87. The first-order valence-electron chi connectivity index (χ1n) is 7.19. The van der Waals surface area contributed by atoms with Crippen molar-refractivity contribution in [2.24, 2.45) is 0 Å². The molecule has 3 heteroatoms. The monoisotopic (exact) mass is 280 g/mol. The number of rotatable bonds is 3. The molecule has 0 atom stereocenters. The molecule has 21 heavy (non-hydrogen) atoms. The summed E-state index contributed by atoms with van der Waals surface area (Å²) in [6.45, 7) is 7.06. The topological polar surface area (TPSA) is 37.9 Å². The first kappa shape index (κ1) is 13.7. The van der Waals surface area contributed by atoms with Crippen LogP contribution in [0.5, 0.6) is 5.75 Å². The van der Waals surface area contributed by atoms with Gasteiger partial charge in [-0.25, -0.2) is 4.98 Å². The molecule has 0 fully saturated rings. The van der Waals surface area contributed by atoms with E-state index in [1.807, 2.05) is 36.4 Å². The second kappa shape index (κ2) is 5.24. The summed E-state index contributed by atoms with van der Waals surface area (Å²) in [5, 5.41) is 0. The van der Waals surface area contributed by atoms with Crippen LogP contribution in [-0.2, 0) is 12.0 Å². The van der Waals surface area contributed by atoms with Gasteiger partial charge in [0.1, 0.15) is 18.2 Å². The molecule has 0 radical (unpaired) electrons. The first-order chi connectivity index (χ1) is 10.0. The van der Waals surface area contributed by atoms with Gasteiger partial charge in [0.25, 0.3) is 0 Å². The predicted molar refractivity (Wildman–Crippen MR) is 85.6 cm³/mol. The third kappa shape index (κ3) is 3.07. The number of imidazole rings is 1. The number of hydrogen-bond donors (Lipinski definition) is 1. The van der Waals surface area contributed by atoms with Gasteiger partial charge in [0, 0.05) is 0 Å². The Bertz CT molecular complexity index is 703. The number of aromatic nitrogens is 2. The maximum atomic E-state index is 5.80. The number of para-hydroxylation sites is 2. The number of hydrogen-bond acceptors (Lipinski definition) is 2. The van der Waals surface area contributed by atoms with Gasteiger partial charge in [-0.05, 0) is 35.2 Å². The summed E-state index contributed by atoms with van der Waals surface area (Å²) in [4.78, 5) is 7.77. The van der Waals surface area contributed by atoms with E-state index in [0.29, 0.717) is 6.61 Å². The smallest absolute Gasteiger partial charge is 0.146 e. The van der Waals surface area contributed by atoms with Gasteiger partial charge in [-0.2, -0.15) is 0 Å². The van der Waals surface area contributed by atoms with Gasteiger partial charge >= 0.3 is 0 Å². The van der Waals surface area contributed by atoms with Crippen molar-refractivity contribution in [2.75, 3.05) is 0 Å². The lowest BCUT2D eigenvalue weighted by molar-refractivity contribution is 0.297. The number of nitrogens with zero attached hydrogens (tertiary/aromatic N) is 1. The van der Waals surface area contributed by atoms with Crippen molar-refractivity contribution in [3.05, 3.63) is 59.9 Å². The van der Waals surface area contributed by atoms with E-state index in [1.165, 1.54) is 5.56 Å². The van der Waals surface area contributed by atoms with Crippen molar-refractivity contribution in [1.82, 2.24) is 9.97 Å². The second-order valence-corrected chi connectivity index (χ2v) is 6.26. The molecular weight excluding hydrogens is 260 g/mol. The van der Waals surface area contributed by atoms with Crippen LogP contribution in [0.15, 0.2) is 48.5 Å². The average molecular weight is 280 g/mol. The molecule has 0 amide bonds. The zero-order valence-corrected chi connectivity index (χ0v) is 12.7. The number of ether oxygens (including phenoxy) is 1. The van der Waals surface area contributed by atoms with E-state index in [9.17, 15) is 0 Å². The van der Waals surface area contributed by atoms with E-state index >= 15 is 0 Å². The highest BCUT2D eigenvalue weighted by Gasteiger charge is 2.13. The third-order valence-corrected chi connectivity index (χ3v) is 3.53. The standard InChI is InChI=1S/C18H20N2O/c1-18(2,3)13-8-10-14(11-9-13)21-12-17-19-15-6-4-5-7-16(15)20-17/h4-11H,12H2,1-3H3,(H,19,20). The zero-order valence-electron chi connectivity index (χ0n) is 12.7. The Morgan fingerprint density at radius 2 is 1.71 bits per heavy atom. The number of fused-ring (bicyclic) bond motifs is 1. The maximum Gasteiger partial charge on any atom is 0.146 e. The minimum absolute atomic E-state index is 0.164. The van der Waals surface area contributed by atoms with Gasteiger partial charge in [-0.1, -0.05) is 45.0 Å². The molecule has 0 aliphatic rings. The Hall–Kier alpha value is -2.29. The van der Waals surface area contributed by atoms with Gasteiger partial charge < -0.3 is 9.72 Å². The van der Waals surface area contributed by atoms with E-state index in [4.69, 9.17) is 4.74 Å². The van der Waals surface area contributed by atoms with Crippen molar-refractivity contribution in [3.8, 4) is 5.75 Å². The molecule has 0 saturated heterocycles. The molecule has 108 valence electrons. The number of benzene rings is 2. The molecule has 3 nitrogen and oxygen atoms in total.